The van der Waals surface area contributed by atoms with Crippen molar-refractivity contribution >= 4 is 5.91 Å². The maximum absolute atomic E-state index is 12.0. The number of nitrogens with one attached hydrogen (secondary N) is 1. The molecular formula is C18H17NO2. The van der Waals surface area contributed by atoms with Crippen LogP contribution in [0.25, 0.3) is 0 Å². The summed E-state index contributed by atoms with van der Waals surface area (Å²) in [5.74, 6) is 2.70. The molecule has 2 aromatic carbocycles. The van der Waals surface area contributed by atoms with E-state index in [1.54, 1.807) is 18.2 Å². The van der Waals surface area contributed by atoms with Crippen LogP contribution in [0.2, 0.25) is 0 Å². The molecule has 0 spiro atoms. The summed E-state index contributed by atoms with van der Waals surface area (Å²) in [6.07, 6.45) is 5.15. The molecule has 0 unspecified atom stereocenters. The molecule has 106 valence electrons. The van der Waals surface area contributed by atoms with Gasteiger partial charge >= 0.3 is 0 Å². The van der Waals surface area contributed by atoms with Crippen molar-refractivity contribution in [2.24, 2.45) is 0 Å². The first-order valence-electron chi connectivity index (χ1n) is 6.69. The number of carbonyl (C=O) groups excluding carboxylic acids is 1. The molecule has 0 saturated carbocycles. The summed E-state index contributed by atoms with van der Waals surface area (Å²) in [4.78, 5) is 12.0. The number of benzene rings is 2. The summed E-state index contributed by atoms with van der Waals surface area (Å²) < 4.78 is 5.77. The lowest BCUT2D eigenvalue weighted by Gasteiger charge is -2.11. The van der Waals surface area contributed by atoms with Crippen molar-refractivity contribution in [1.29, 1.82) is 0 Å². The Balaban J connectivity index is 2.10. The van der Waals surface area contributed by atoms with Crippen LogP contribution in [0.3, 0.4) is 0 Å². The zero-order chi connectivity index (χ0) is 15.1. The summed E-state index contributed by atoms with van der Waals surface area (Å²) in [5.41, 5.74) is 2.73. The van der Waals surface area contributed by atoms with Gasteiger partial charge in [0.1, 0.15) is 12.4 Å². The first-order chi connectivity index (χ1) is 10.2. The van der Waals surface area contributed by atoms with Crippen LogP contribution in [-0.4, -0.2) is 12.5 Å². The zero-order valence-electron chi connectivity index (χ0n) is 11.9. The predicted molar refractivity (Wildman–Crippen MR) is 83.1 cm³/mol. The van der Waals surface area contributed by atoms with E-state index >= 15 is 0 Å². The van der Waals surface area contributed by atoms with E-state index in [1.807, 2.05) is 31.2 Å². The lowest BCUT2D eigenvalue weighted by atomic mass is 10.1. The fourth-order valence-corrected chi connectivity index (χ4v) is 1.97. The van der Waals surface area contributed by atoms with Crippen molar-refractivity contribution < 1.29 is 9.53 Å². The third-order valence-corrected chi connectivity index (χ3v) is 2.96. The lowest BCUT2D eigenvalue weighted by Crippen LogP contribution is -2.24. The predicted octanol–water partition coefficient (Wildman–Crippen LogP) is 2.94. The third-order valence-electron chi connectivity index (χ3n) is 2.96. The number of amides is 1. The van der Waals surface area contributed by atoms with Gasteiger partial charge in [-0.3, -0.25) is 4.79 Å². The fraction of sp³-hybridized carbons (Fsp3) is 0.167. The second-order valence-corrected chi connectivity index (χ2v) is 4.66. The second-order valence-electron chi connectivity index (χ2n) is 4.66. The summed E-state index contributed by atoms with van der Waals surface area (Å²) in [6.45, 7) is 2.65. The van der Waals surface area contributed by atoms with Gasteiger partial charge in [-0.2, -0.15) is 0 Å². The van der Waals surface area contributed by atoms with Gasteiger partial charge in [-0.05, 0) is 24.6 Å². The van der Waals surface area contributed by atoms with E-state index in [0.29, 0.717) is 17.9 Å². The molecule has 0 atom stereocenters. The van der Waals surface area contributed by atoms with E-state index < -0.39 is 0 Å². The quantitative estimate of drug-likeness (QED) is 0.855. The monoisotopic (exact) mass is 279 g/mol. The molecular weight excluding hydrogens is 262 g/mol. The molecule has 0 heterocycles. The smallest absolute Gasteiger partial charge is 0.255 e. The van der Waals surface area contributed by atoms with Crippen LogP contribution in [-0.2, 0) is 6.61 Å². The van der Waals surface area contributed by atoms with Gasteiger partial charge in [-0.1, -0.05) is 47.9 Å². The summed E-state index contributed by atoms with van der Waals surface area (Å²) in [5, 5.41) is 2.64. The SMILES string of the molecule is C#CCNC(=O)c1ccccc1OCc1cccc(C)c1. The maximum Gasteiger partial charge on any atom is 0.255 e. The van der Waals surface area contributed by atoms with Gasteiger partial charge in [-0.15, -0.1) is 6.42 Å². The number of carbonyl (C=O) groups is 1. The fourth-order valence-electron chi connectivity index (χ4n) is 1.97. The number of ether oxygens (including phenoxy) is 1. The zero-order valence-corrected chi connectivity index (χ0v) is 11.9. The van der Waals surface area contributed by atoms with E-state index in [9.17, 15) is 4.79 Å². The van der Waals surface area contributed by atoms with Crippen LogP contribution in [0.4, 0.5) is 0 Å². The van der Waals surface area contributed by atoms with Gasteiger partial charge in [0, 0.05) is 0 Å². The van der Waals surface area contributed by atoms with Gasteiger partial charge in [-0.25, -0.2) is 0 Å². The molecule has 0 aliphatic carbocycles. The molecule has 0 fully saturated rings. The second kappa shape index (κ2) is 7.16. The normalized spacial score (nSPS) is 9.71. The Hall–Kier alpha value is -2.73. The van der Waals surface area contributed by atoms with Crippen LogP contribution in [0.1, 0.15) is 21.5 Å². The van der Waals surface area contributed by atoms with Crippen molar-refractivity contribution in [3.05, 3.63) is 65.2 Å². The average molecular weight is 279 g/mol. The Morgan fingerprint density at radius 2 is 2.05 bits per heavy atom. The van der Waals surface area contributed by atoms with Crippen molar-refractivity contribution in [3.8, 4) is 18.1 Å². The average Bonchev–Trinajstić information content (AvgIpc) is 2.51. The highest BCUT2D eigenvalue weighted by atomic mass is 16.5. The van der Waals surface area contributed by atoms with Crippen LogP contribution >= 0.6 is 0 Å². The van der Waals surface area contributed by atoms with E-state index in [0.717, 1.165) is 5.56 Å². The molecule has 0 aromatic heterocycles. The first-order valence-corrected chi connectivity index (χ1v) is 6.69. The number of hydrogen-bond donors (Lipinski definition) is 1. The molecule has 3 nitrogen and oxygen atoms in total. The molecule has 1 amide bonds. The molecule has 2 aromatic rings. The minimum absolute atomic E-state index is 0.199. The standard InChI is InChI=1S/C18H17NO2/c1-3-11-19-18(20)16-9-4-5-10-17(16)21-13-15-8-6-7-14(2)12-15/h1,4-10,12H,11,13H2,2H3,(H,19,20). The molecule has 3 heteroatoms. The van der Waals surface area contributed by atoms with Crippen LogP contribution in [0.15, 0.2) is 48.5 Å². The van der Waals surface area contributed by atoms with Gasteiger partial charge in [0.2, 0.25) is 0 Å². The van der Waals surface area contributed by atoms with Crippen molar-refractivity contribution in [2.45, 2.75) is 13.5 Å². The van der Waals surface area contributed by atoms with Crippen molar-refractivity contribution in [1.82, 2.24) is 5.32 Å². The lowest BCUT2D eigenvalue weighted by molar-refractivity contribution is 0.0954. The number of aryl methyl sites for hydroxylation is 1. The Labute approximate surface area is 125 Å². The van der Waals surface area contributed by atoms with E-state index in [1.165, 1.54) is 5.56 Å². The van der Waals surface area contributed by atoms with E-state index in [4.69, 9.17) is 11.2 Å². The Bertz CT molecular complexity index is 671. The van der Waals surface area contributed by atoms with Crippen LogP contribution in [0.5, 0.6) is 5.75 Å². The van der Waals surface area contributed by atoms with Crippen molar-refractivity contribution in [3.63, 3.8) is 0 Å². The van der Waals surface area contributed by atoms with Gasteiger partial charge in [0.15, 0.2) is 0 Å². The molecule has 21 heavy (non-hydrogen) atoms. The topological polar surface area (TPSA) is 38.3 Å². The minimum atomic E-state index is -0.229. The molecule has 0 aliphatic rings. The highest BCUT2D eigenvalue weighted by Crippen LogP contribution is 2.19. The van der Waals surface area contributed by atoms with Gasteiger partial charge < -0.3 is 10.1 Å². The highest BCUT2D eigenvalue weighted by Gasteiger charge is 2.11. The Morgan fingerprint density at radius 3 is 2.81 bits per heavy atom. The third kappa shape index (κ3) is 4.12. The summed E-state index contributed by atoms with van der Waals surface area (Å²) >= 11 is 0. The number of para-hydroxylation sites is 1. The summed E-state index contributed by atoms with van der Waals surface area (Å²) in [7, 11) is 0. The Morgan fingerprint density at radius 1 is 1.24 bits per heavy atom. The maximum atomic E-state index is 12.0. The van der Waals surface area contributed by atoms with E-state index in [-0.39, 0.29) is 12.5 Å². The molecule has 0 saturated heterocycles. The van der Waals surface area contributed by atoms with Gasteiger partial charge in [0.05, 0.1) is 12.1 Å². The number of hydrogen-bond acceptors (Lipinski definition) is 2. The highest BCUT2D eigenvalue weighted by molar-refractivity contribution is 5.97. The number of rotatable bonds is 5. The number of terminal acetylenes is 1. The Kier molecular flexibility index (Phi) is 5.00. The van der Waals surface area contributed by atoms with E-state index in [2.05, 4.69) is 17.3 Å². The van der Waals surface area contributed by atoms with Crippen molar-refractivity contribution in [2.75, 3.05) is 6.54 Å². The molecule has 0 aliphatic heterocycles. The molecule has 2 rings (SSSR count). The largest absolute Gasteiger partial charge is 0.488 e. The van der Waals surface area contributed by atoms with Crippen LogP contribution in [0, 0.1) is 19.3 Å². The molecule has 0 bridgehead atoms. The minimum Gasteiger partial charge on any atom is -0.488 e. The molecule has 1 N–H and O–H groups in total. The first kappa shape index (κ1) is 14.7. The van der Waals surface area contributed by atoms with Crippen LogP contribution < -0.4 is 10.1 Å². The van der Waals surface area contributed by atoms with Gasteiger partial charge in [0.25, 0.3) is 5.91 Å². The molecule has 0 radical (unpaired) electrons. The summed E-state index contributed by atoms with van der Waals surface area (Å²) in [6, 6.07) is 15.2.